The summed E-state index contributed by atoms with van der Waals surface area (Å²) in [6, 6.07) is -0.917. The second-order valence-electron chi connectivity index (χ2n) is 7.15. The highest BCUT2D eigenvalue weighted by Gasteiger charge is 2.62. The molecule has 0 saturated carbocycles. The number of hydrogen-bond donors (Lipinski definition) is 2. The van der Waals surface area contributed by atoms with E-state index in [0.29, 0.717) is 5.82 Å². The van der Waals surface area contributed by atoms with Crippen LogP contribution in [0.2, 0.25) is 0 Å². The summed E-state index contributed by atoms with van der Waals surface area (Å²) in [6.45, 7) is 2.81. The lowest BCUT2D eigenvalue weighted by molar-refractivity contribution is -0.157. The quantitative estimate of drug-likeness (QED) is 0.433. The van der Waals surface area contributed by atoms with Crippen molar-refractivity contribution >= 4 is 48.2 Å². The number of aryl methyl sites for hydroxylation is 2. The van der Waals surface area contributed by atoms with E-state index in [9.17, 15) is 19.5 Å². The highest BCUT2D eigenvalue weighted by molar-refractivity contribution is 8.00. The Hall–Kier alpha value is -2.68. The standard InChI is InChI=1S/C15H18N8O5S2/c1-6-16-14(28-18-6)23(7(2)24)8-11(25)22-4-15(13(26)27,5-30-12(8)22)9(29)10-17-19-20-21(10)3/h8-9,12,29H,4-5H2,1-3H3,(H,26,27)/t8?,9?,12-,15?/m1/s1. The van der Waals surface area contributed by atoms with Crippen molar-refractivity contribution in [3.63, 3.8) is 0 Å². The summed E-state index contributed by atoms with van der Waals surface area (Å²) in [4.78, 5) is 44.1. The van der Waals surface area contributed by atoms with Gasteiger partial charge in [0.25, 0.3) is 0 Å². The van der Waals surface area contributed by atoms with Gasteiger partial charge in [0.15, 0.2) is 11.6 Å². The zero-order chi connectivity index (χ0) is 21.8. The SMILES string of the molecule is CC(=O)N(c1nc(C)no1)C1C(=O)N2CC(C(=O)O)(C(S)c3nnnn3C)CS[C@H]12. The Bertz CT molecular complexity index is 1030. The number of rotatable bonds is 5. The predicted octanol–water partition coefficient (Wildman–Crippen LogP) is -0.720. The summed E-state index contributed by atoms with van der Waals surface area (Å²) >= 11 is 5.76. The molecule has 4 heterocycles. The average molecular weight is 454 g/mol. The molecule has 13 nitrogen and oxygen atoms in total. The molecule has 0 radical (unpaired) electrons. The fourth-order valence-electron chi connectivity index (χ4n) is 3.64. The minimum Gasteiger partial charge on any atom is -0.481 e. The molecule has 160 valence electrons. The molecule has 0 spiro atoms. The number of aromatic nitrogens is 6. The van der Waals surface area contributed by atoms with E-state index in [2.05, 4.69) is 38.3 Å². The number of nitrogens with zero attached hydrogens (tertiary/aromatic N) is 8. The number of thiol groups is 1. The Labute approximate surface area is 179 Å². The normalized spacial score (nSPS) is 26.7. The maximum Gasteiger partial charge on any atom is 0.331 e. The van der Waals surface area contributed by atoms with Gasteiger partial charge >= 0.3 is 12.0 Å². The molecule has 2 aromatic rings. The highest BCUT2D eigenvalue weighted by atomic mass is 32.2. The third-order valence-electron chi connectivity index (χ3n) is 5.26. The minimum absolute atomic E-state index is 0.0640. The monoisotopic (exact) mass is 454 g/mol. The molecular weight excluding hydrogens is 436 g/mol. The van der Waals surface area contributed by atoms with Crippen LogP contribution < -0.4 is 4.90 Å². The number of β-lactam (4-membered cyclic amide) rings is 1. The highest BCUT2D eigenvalue weighted by Crippen LogP contribution is 2.50. The molecule has 2 amide bonds. The minimum atomic E-state index is -1.41. The molecule has 0 aromatic carbocycles. The van der Waals surface area contributed by atoms with Crippen LogP contribution in [0.5, 0.6) is 0 Å². The lowest BCUT2D eigenvalue weighted by atomic mass is 9.82. The lowest BCUT2D eigenvalue weighted by Crippen LogP contribution is -2.74. The maximum atomic E-state index is 13.0. The van der Waals surface area contributed by atoms with Gasteiger partial charge in [0.1, 0.15) is 16.8 Å². The molecule has 2 aliphatic rings. The first-order valence-corrected chi connectivity index (χ1v) is 10.4. The molecule has 4 rings (SSSR count). The molecule has 0 aliphatic carbocycles. The van der Waals surface area contributed by atoms with E-state index in [4.69, 9.17) is 4.52 Å². The molecule has 2 aliphatic heterocycles. The van der Waals surface area contributed by atoms with E-state index in [0.717, 1.165) is 4.90 Å². The Morgan fingerprint density at radius 3 is 2.73 bits per heavy atom. The van der Waals surface area contributed by atoms with E-state index in [1.807, 2.05) is 0 Å². The molecule has 2 fully saturated rings. The first-order chi connectivity index (χ1) is 14.2. The summed E-state index contributed by atoms with van der Waals surface area (Å²) in [7, 11) is 1.59. The van der Waals surface area contributed by atoms with Crippen LogP contribution in [0, 0.1) is 12.3 Å². The van der Waals surface area contributed by atoms with Crippen LogP contribution in [-0.4, -0.2) is 81.9 Å². The summed E-state index contributed by atoms with van der Waals surface area (Å²) in [5.41, 5.74) is -1.41. The van der Waals surface area contributed by atoms with Crippen molar-refractivity contribution in [2.24, 2.45) is 12.5 Å². The number of tetrazole rings is 1. The van der Waals surface area contributed by atoms with Crippen molar-refractivity contribution in [1.29, 1.82) is 0 Å². The van der Waals surface area contributed by atoms with Gasteiger partial charge in [-0.2, -0.15) is 17.6 Å². The van der Waals surface area contributed by atoms with Crippen molar-refractivity contribution in [1.82, 2.24) is 35.2 Å². The number of fused-ring (bicyclic) bond motifs is 1. The van der Waals surface area contributed by atoms with Crippen LogP contribution in [0.4, 0.5) is 6.01 Å². The van der Waals surface area contributed by atoms with Crippen molar-refractivity contribution in [2.45, 2.75) is 30.5 Å². The van der Waals surface area contributed by atoms with Gasteiger partial charge in [-0.3, -0.25) is 14.4 Å². The second kappa shape index (κ2) is 7.23. The molecule has 30 heavy (non-hydrogen) atoms. The third-order valence-corrected chi connectivity index (χ3v) is 7.53. The van der Waals surface area contributed by atoms with E-state index >= 15 is 0 Å². The van der Waals surface area contributed by atoms with E-state index in [1.54, 1.807) is 14.0 Å². The van der Waals surface area contributed by atoms with E-state index in [1.165, 1.54) is 28.3 Å². The number of hydrogen-bond acceptors (Lipinski definition) is 11. The van der Waals surface area contributed by atoms with Gasteiger partial charge in [-0.15, -0.1) is 16.9 Å². The van der Waals surface area contributed by atoms with E-state index < -0.39 is 39.9 Å². The summed E-state index contributed by atoms with van der Waals surface area (Å²) < 4.78 is 6.44. The summed E-state index contributed by atoms with van der Waals surface area (Å²) in [5, 5.41) is 23.6. The molecule has 4 atom stereocenters. The second-order valence-corrected chi connectivity index (χ2v) is 8.77. The zero-order valence-electron chi connectivity index (χ0n) is 16.2. The fourth-order valence-corrected chi connectivity index (χ4v) is 5.89. The first kappa shape index (κ1) is 20.6. The van der Waals surface area contributed by atoms with Crippen molar-refractivity contribution < 1.29 is 24.0 Å². The molecular formula is C15H18N8O5S2. The number of carboxylic acid groups (broad SMARTS) is 1. The van der Waals surface area contributed by atoms with Gasteiger partial charge in [-0.1, -0.05) is 5.16 Å². The number of carbonyl (C=O) groups excluding carboxylic acids is 2. The number of amides is 2. The zero-order valence-corrected chi connectivity index (χ0v) is 17.9. The van der Waals surface area contributed by atoms with Crippen LogP contribution in [0.1, 0.15) is 23.8 Å². The van der Waals surface area contributed by atoms with Crippen molar-refractivity contribution in [3.8, 4) is 0 Å². The number of carboxylic acids is 1. The Kier molecular flexibility index (Phi) is 4.96. The van der Waals surface area contributed by atoms with Gasteiger partial charge in [-0.05, 0) is 17.4 Å². The van der Waals surface area contributed by atoms with Crippen LogP contribution in [0.25, 0.3) is 0 Å². The molecule has 2 aromatic heterocycles. The Morgan fingerprint density at radius 1 is 1.47 bits per heavy atom. The molecule has 1 N–H and O–H groups in total. The number of anilines is 1. The summed E-state index contributed by atoms with van der Waals surface area (Å²) in [5.74, 6) is -1.18. The first-order valence-electron chi connectivity index (χ1n) is 8.83. The largest absolute Gasteiger partial charge is 0.481 e. The van der Waals surface area contributed by atoms with E-state index in [-0.39, 0.29) is 24.1 Å². The molecule has 15 heteroatoms. The fraction of sp³-hybridized carbons (Fsp3) is 0.600. The predicted molar refractivity (Wildman–Crippen MR) is 105 cm³/mol. The van der Waals surface area contributed by atoms with Crippen LogP contribution in [0.3, 0.4) is 0 Å². The van der Waals surface area contributed by atoms with Gasteiger partial charge in [-0.25, -0.2) is 9.58 Å². The summed E-state index contributed by atoms with van der Waals surface area (Å²) in [6.07, 6.45) is 0. The lowest BCUT2D eigenvalue weighted by Gasteiger charge is -2.56. The maximum absolute atomic E-state index is 13.0. The average Bonchev–Trinajstić information content (AvgIpc) is 3.32. The molecule has 0 bridgehead atoms. The van der Waals surface area contributed by atoms with Crippen LogP contribution >= 0.6 is 24.4 Å². The van der Waals surface area contributed by atoms with Crippen LogP contribution in [-0.2, 0) is 21.4 Å². The van der Waals surface area contributed by atoms with Gasteiger partial charge in [0, 0.05) is 26.3 Å². The van der Waals surface area contributed by atoms with Crippen molar-refractivity contribution in [2.75, 3.05) is 17.2 Å². The smallest absolute Gasteiger partial charge is 0.331 e. The van der Waals surface area contributed by atoms with Gasteiger partial charge in [0.2, 0.25) is 11.8 Å². The van der Waals surface area contributed by atoms with Gasteiger partial charge in [0.05, 0.1) is 5.25 Å². The number of thioether (sulfide) groups is 1. The number of carbonyl (C=O) groups is 3. The van der Waals surface area contributed by atoms with Gasteiger partial charge < -0.3 is 14.5 Å². The molecule has 3 unspecified atom stereocenters. The van der Waals surface area contributed by atoms with Crippen molar-refractivity contribution in [3.05, 3.63) is 11.6 Å². The topological polar surface area (TPSA) is 160 Å². The third kappa shape index (κ3) is 2.94. The number of aliphatic carboxylic acids is 1. The Balaban J connectivity index is 1.61. The molecule has 2 saturated heterocycles. The Morgan fingerprint density at radius 2 is 2.20 bits per heavy atom. The van der Waals surface area contributed by atoms with Crippen LogP contribution in [0.15, 0.2) is 4.52 Å².